The molecule has 4 nitrogen and oxygen atoms in total. The lowest BCUT2D eigenvalue weighted by atomic mass is 10.2. The highest BCUT2D eigenvalue weighted by atomic mass is 79.9. The number of nitrogens with one attached hydrogen (secondary N) is 1. The second-order valence-electron chi connectivity index (χ2n) is 4.75. The van der Waals surface area contributed by atoms with E-state index < -0.39 is 0 Å². The zero-order valence-electron chi connectivity index (χ0n) is 11.6. The number of hydrogen-bond acceptors (Lipinski definition) is 3. The van der Waals surface area contributed by atoms with E-state index in [1.54, 1.807) is 4.90 Å². The maximum absolute atomic E-state index is 12.6. The number of aliphatic imine (C=N–C) groups is 1. The number of carbonyl (C=O) groups excluding carboxylic acids is 1. The van der Waals surface area contributed by atoms with Crippen molar-refractivity contribution >= 4 is 49.4 Å². The van der Waals surface area contributed by atoms with Crippen molar-refractivity contribution in [3.63, 3.8) is 0 Å². The summed E-state index contributed by atoms with van der Waals surface area (Å²) in [5, 5.41) is 3.24. The molecule has 0 saturated carbocycles. The first-order valence-electron chi connectivity index (χ1n) is 6.79. The van der Waals surface area contributed by atoms with Crippen LogP contribution >= 0.6 is 31.9 Å². The Labute approximate surface area is 145 Å². The van der Waals surface area contributed by atoms with Crippen LogP contribution in [0.15, 0.2) is 62.5 Å². The summed E-state index contributed by atoms with van der Waals surface area (Å²) in [7, 11) is 0. The van der Waals surface area contributed by atoms with Crippen LogP contribution in [-0.4, -0.2) is 29.9 Å². The van der Waals surface area contributed by atoms with Gasteiger partial charge in [-0.25, -0.2) is 0 Å². The minimum Gasteiger partial charge on any atom is -0.324 e. The SMILES string of the molecule is O=C(c1ccccc1)N1CCN=C1Nc1c(Br)cccc1Br. The number of carbonyl (C=O) groups is 1. The molecule has 2 aromatic rings. The van der Waals surface area contributed by atoms with Crippen LogP contribution in [0.3, 0.4) is 0 Å². The molecule has 6 heteroatoms. The maximum atomic E-state index is 12.6. The highest BCUT2D eigenvalue weighted by Crippen LogP contribution is 2.31. The standard InChI is InChI=1S/C16H13Br2N3O/c17-12-7-4-8-13(18)14(12)20-16-19-9-10-21(16)15(22)11-5-2-1-3-6-11/h1-8H,9-10H2,(H,19,20). The molecule has 112 valence electrons. The van der Waals surface area contributed by atoms with Gasteiger partial charge in [0.05, 0.1) is 12.2 Å². The molecule has 0 radical (unpaired) electrons. The molecule has 0 aromatic heterocycles. The molecule has 22 heavy (non-hydrogen) atoms. The molecule has 1 heterocycles. The van der Waals surface area contributed by atoms with Gasteiger partial charge in [-0.1, -0.05) is 24.3 Å². The Bertz CT molecular complexity index is 711. The van der Waals surface area contributed by atoms with Crippen molar-refractivity contribution in [3.05, 3.63) is 63.0 Å². The van der Waals surface area contributed by atoms with Crippen molar-refractivity contribution in [2.75, 3.05) is 18.4 Å². The van der Waals surface area contributed by atoms with E-state index in [1.165, 1.54) is 0 Å². The summed E-state index contributed by atoms with van der Waals surface area (Å²) in [6.45, 7) is 1.18. The molecule has 0 bridgehead atoms. The van der Waals surface area contributed by atoms with Crippen LogP contribution in [0.4, 0.5) is 5.69 Å². The Morgan fingerprint density at radius 3 is 2.41 bits per heavy atom. The van der Waals surface area contributed by atoms with Gasteiger partial charge in [0.25, 0.3) is 5.91 Å². The van der Waals surface area contributed by atoms with Crippen LogP contribution in [0.1, 0.15) is 10.4 Å². The molecule has 1 amide bonds. The molecule has 0 saturated heterocycles. The first-order chi connectivity index (χ1) is 10.7. The number of nitrogens with zero attached hydrogens (tertiary/aromatic N) is 2. The predicted octanol–water partition coefficient (Wildman–Crippen LogP) is 4.14. The first kappa shape index (κ1) is 15.2. The molecule has 1 aliphatic rings. The lowest BCUT2D eigenvalue weighted by Gasteiger charge is -2.20. The van der Waals surface area contributed by atoms with Crippen LogP contribution in [0.5, 0.6) is 0 Å². The summed E-state index contributed by atoms with van der Waals surface area (Å²) >= 11 is 7.01. The van der Waals surface area contributed by atoms with E-state index in [1.807, 2.05) is 48.5 Å². The summed E-state index contributed by atoms with van der Waals surface area (Å²) in [6.07, 6.45) is 0. The number of anilines is 1. The normalized spacial score (nSPS) is 13.9. The number of halogens is 2. The van der Waals surface area contributed by atoms with E-state index in [0.717, 1.165) is 14.6 Å². The second-order valence-corrected chi connectivity index (χ2v) is 6.46. The second kappa shape index (κ2) is 6.62. The van der Waals surface area contributed by atoms with E-state index in [2.05, 4.69) is 42.2 Å². The predicted molar refractivity (Wildman–Crippen MR) is 95.2 cm³/mol. The van der Waals surface area contributed by atoms with Crippen LogP contribution in [0.25, 0.3) is 0 Å². The Morgan fingerprint density at radius 1 is 1.05 bits per heavy atom. The lowest BCUT2D eigenvalue weighted by molar-refractivity contribution is 0.0858. The number of para-hydroxylation sites is 1. The van der Waals surface area contributed by atoms with E-state index >= 15 is 0 Å². The van der Waals surface area contributed by atoms with Gasteiger partial charge in [-0.2, -0.15) is 0 Å². The molecule has 1 N–H and O–H groups in total. The molecule has 0 spiro atoms. The average molecular weight is 423 g/mol. The number of hydrogen-bond donors (Lipinski definition) is 1. The van der Waals surface area contributed by atoms with Crippen LogP contribution in [-0.2, 0) is 0 Å². The Morgan fingerprint density at radius 2 is 1.73 bits per heavy atom. The third-order valence-corrected chi connectivity index (χ3v) is 4.63. The van der Waals surface area contributed by atoms with E-state index in [0.29, 0.717) is 24.6 Å². The fraction of sp³-hybridized carbons (Fsp3) is 0.125. The number of guanidine groups is 1. The third-order valence-electron chi connectivity index (χ3n) is 3.31. The molecule has 0 fully saturated rings. The van der Waals surface area contributed by atoms with Crippen molar-refractivity contribution in [2.45, 2.75) is 0 Å². The van der Waals surface area contributed by atoms with Gasteiger partial charge in [-0.05, 0) is 56.1 Å². The highest BCUT2D eigenvalue weighted by Gasteiger charge is 2.25. The van der Waals surface area contributed by atoms with Crippen molar-refractivity contribution in [3.8, 4) is 0 Å². The largest absolute Gasteiger partial charge is 0.324 e. The first-order valence-corrected chi connectivity index (χ1v) is 8.38. The molecular formula is C16H13Br2N3O. The zero-order valence-corrected chi connectivity index (χ0v) is 14.8. The molecule has 0 atom stereocenters. The molecule has 1 aliphatic heterocycles. The van der Waals surface area contributed by atoms with Crippen molar-refractivity contribution in [1.82, 2.24) is 4.90 Å². The summed E-state index contributed by atoms with van der Waals surface area (Å²) in [5.41, 5.74) is 1.51. The average Bonchev–Trinajstić information content (AvgIpc) is 2.99. The molecule has 0 unspecified atom stereocenters. The van der Waals surface area contributed by atoms with Gasteiger partial charge in [-0.15, -0.1) is 0 Å². The van der Waals surface area contributed by atoms with Gasteiger partial charge in [0, 0.05) is 21.1 Å². The van der Waals surface area contributed by atoms with Gasteiger partial charge in [0.1, 0.15) is 0 Å². The van der Waals surface area contributed by atoms with E-state index in [4.69, 9.17) is 0 Å². The van der Waals surface area contributed by atoms with Crippen LogP contribution in [0, 0.1) is 0 Å². The van der Waals surface area contributed by atoms with E-state index in [-0.39, 0.29) is 5.91 Å². The quantitative estimate of drug-likeness (QED) is 0.790. The monoisotopic (exact) mass is 421 g/mol. The van der Waals surface area contributed by atoms with Gasteiger partial charge in [-0.3, -0.25) is 14.7 Å². The maximum Gasteiger partial charge on any atom is 0.260 e. The van der Waals surface area contributed by atoms with E-state index in [9.17, 15) is 4.79 Å². The molecular weight excluding hydrogens is 410 g/mol. The Balaban J connectivity index is 1.84. The minimum absolute atomic E-state index is 0.0486. The number of rotatable bonds is 2. The Hall–Kier alpha value is -1.66. The topological polar surface area (TPSA) is 44.7 Å². The summed E-state index contributed by atoms with van der Waals surface area (Å²) in [5.74, 6) is 0.522. The minimum atomic E-state index is -0.0486. The van der Waals surface area contributed by atoms with Crippen LogP contribution in [0.2, 0.25) is 0 Å². The number of benzene rings is 2. The van der Waals surface area contributed by atoms with Crippen molar-refractivity contribution in [1.29, 1.82) is 0 Å². The summed E-state index contributed by atoms with van der Waals surface area (Å²) in [4.78, 5) is 18.7. The lowest BCUT2D eigenvalue weighted by Crippen LogP contribution is -2.38. The fourth-order valence-electron chi connectivity index (χ4n) is 2.22. The fourth-order valence-corrected chi connectivity index (χ4v) is 3.41. The number of amides is 1. The van der Waals surface area contributed by atoms with Gasteiger partial charge in [0.2, 0.25) is 5.96 Å². The van der Waals surface area contributed by atoms with Crippen LogP contribution < -0.4 is 5.32 Å². The summed E-state index contributed by atoms with van der Waals surface area (Å²) in [6, 6.07) is 15.0. The Kier molecular flexibility index (Phi) is 4.59. The van der Waals surface area contributed by atoms with Crippen molar-refractivity contribution < 1.29 is 4.79 Å². The zero-order chi connectivity index (χ0) is 15.5. The highest BCUT2D eigenvalue weighted by molar-refractivity contribution is 9.11. The van der Waals surface area contributed by atoms with Gasteiger partial charge >= 0.3 is 0 Å². The van der Waals surface area contributed by atoms with Gasteiger partial charge < -0.3 is 5.32 Å². The molecule has 3 rings (SSSR count). The molecule has 2 aromatic carbocycles. The van der Waals surface area contributed by atoms with Crippen molar-refractivity contribution in [2.24, 2.45) is 4.99 Å². The smallest absolute Gasteiger partial charge is 0.260 e. The third kappa shape index (κ3) is 3.08. The molecule has 0 aliphatic carbocycles. The summed E-state index contributed by atoms with van der Waals surface area (Å²) < 4.78 is 1.81. The van der Waals surface area contributed by atoms with Gasteiger partial charge in [0.15, 0.2) is 0 Å².